The molecular weight excluding hydrogens is 439 g/mol. The number of nitrogens with two attached hydrogens (primary N) is 1. The van der Waals surface area contributed by atoms with Crippen LogP contribution in [-0.2, 0) is 4.74 Å². The van der Waals surface area contributed by atoms with E-state index in [1.165, 1.54) is 18.5 Å². The Bertz CT molecular complexity index is 528. The van der Waals surface area contributed by atoms with Crippen molar-refractivity contribution in [2.75, 3.05) is 50.8 Å². The Balaban J connectivity index is 0.00000208. The minimum atomic E-state index is 0. The molecule has 24 heavy (non-hydrogen) atoms. The van der Waals surface area contributed by atoms with Crippen LogP contribution in [0.5, 0.6) is 0 Å². The van der Waals surface area contributed by atoms with Crippen molar-refractivity contribution >= 4 is 47.2 Å². The van der Waals surface area contributed by atoms with E-state index < -0.39 is 0 Å². The van der Waals surface area contributed by atoms with E-state index in [1.807, 2.05) is 12.1 Å². The molecule has 3 rings (SSSR count). The fourth-order valence-corrected chi connectivity index (χ4v) is 2.83. The lowest BCUT2D eigenvalue weighted by molar-refractivity contribution is 0.131. The van der Waals surface area contributed by atoms with E-state index in [9.17, 15) is 0 Å². The van der Waals surface area contributed by atoms with Gasteiger partial charge in [-0.05, 0) is 43.0 Å². The van der Waals surface area contributed by atoms with Crippen LogP contribution in [0.4, 0.5) is 5.69 Å². The molecule has 0 amide bonds. The molecule has 1 saturated carbocycles. The Hall–Kier alpha value is -0.730. The number of ether oxygens (including phenoxy) is 1. The van der Waals surface area contributed by atoms with Crippen molar-refractivity contribution in [1.82, 2.24) is 4.90 Å². The van der Waals surface area contributed by atoms with Gasteiger partial charge in [0.2, 0.25) is 0 Å². The third-order valence-electron chi connectivity index (χ3n) is 4.36. The van der Waals surface area contributed by atoms with E-state index in [-0.39, 0.29) is 24.0 Å². The average molecular weight is 465 g/mol. The van der Waals surface area contributed by atoms with Gasteiger partial charge in [-0.1, -0.05) is 11.6 Å². The Labute approximate surface area is 166 Å². The molecule has 7 heteroatoms. The Morgan fingerprint density at radius 2 is 1.83 bits per heavy atom. The highest BCUT2D eigenvalue weighted by Gasteiger charge is 2.21. The molecule has 1 aliphatic heterocycles. The van der Waals surface area contributed by atoms with Crippen molar-refractivity contribution in [1.29, 1.82) is 0 Å². The lowest BCUT2D eigenvalue weighted by Crippen LogP contribution is -2.51. The summed E-state index contributed by atoms with van der Waals surface area (Å²) in [5.41, 5.74) is 7.30. The third-order valence-corrected chi connectivity index (χ3v) is 4.61. The highest BCUT2D eigenvalue weighted by Crippen LogP contribution is 2.28. The zero-order chi connectivity index (χ0) is 16.1. The van der Waals surface area contributed by atoms with E-state index in [0.29, 0.717) is 19.1 Å². The second kappa shape index (κ2) is 9.68. The van der Waals surface area contributed by atoms with Crippen molar-refractivity contribution < 1.29 is 4.74 Å². The van der Waals surface area contributed by atoms with Crippen molar-refractivity contribution in [3.63, 3.8) is 0 Å². The van der Waals surface area contributed by atoms with Crippen molar-refractivity contribution in [3.8, 4) is 0 Å². The second-order valence-corrected chi connectivity index (χ2v) is 6.65. The monoisotopic (exact) mass is 464 g/mol. The Morgan fingerprint density at radius 1 is 1.17 bits per heavy atom. The summed E-state index contributed by atoms with van der Waals surface area (Å²) in [6, 6.07) is 7.99. The van der Waals surface area contributed by atoms with Crippen LogP contribution in [0.2, 0.25) is 5.02 Å². The first-order chi connectivity index (χ1) is 11.2. The summed E-state index contributed by atoms with van der Waals surface area (Å²) in [4.78, 5) is 8.93. The smallest absolute Gasteiger partial charge is 0.191 e. The van der Waals surface area contributed by atoms with E-state index in [0.717, 1.165) is 43.7 Å². The van der Waals surface area contributed by atoms with Crippen molar-refractivity contribution in [2.24, 2.45) is 16.6 Å². The summed E-state index contributed by atoms with van der Waals surface area (Å²) >= 11 is 5.94. The summed E-state index contributed by atoms with van der Waals surface area (Å²) < 4.78 is 5.58. The molecule has 1 saturated heterocycles. The molecule has 0 bridgehead atoms. The molecule has 2 fully saturated rings. The van der Waals surface area contributed by atoms with Gasteiger partial charge in [0.05, 0.1) is 13.2 Å². The minimum Gasteiger partial charge on any atom is -0.379 e. The summed E-state index contributed by atoms with van der Waals surface area (Å²) in [5.74, 6) is 1.44. The molecule has 0 atom stereocenters. The fourth-order valence-electron chi connectivity index (χ4n) is 2.70. The second-order valence-electron chi connectivity index (χ2n) is 6.21. The number of rotatable bonds is 6. The summed E-state index contributed by atoms with van der Waals surface area (Å²) in [7, 11) is 0. The van der Waals surface area contributed by atoms with E-state index in [2.05, 4.69) is 26.9 Å². The van der Waals surface area contributed by atoms with Gasteiger partial charge in [-0.2, -0.15) is 0 Å². The molecule has 134 valence electrons. The SMILES string of the molecule is I.NC(=NCCOCC1CC1)N1CCN(c2ccc(Cl)cc2)CC1. The first-order valence-corrected chi connectivity index (χ1v) is 8.73. The van der Waals surface area contributed by atoms with Gasteiger partial charge in [0.15, 0.2) is 5.96 Å². The number of anilines is 1. The highest BCUT2D eigenvalue weighted by atomic mass is 127. The maximum absolute atomic E-state index is 6.09. The Morgan fingerprint density at radius 3 is 2.46 bits per heavy atom. The van der Waals surface area contributed by atoms with Gasteiger partial charge >= 0.3 is 0 Å². The summed E-state index contributed by atoms with van der Waals surface area (Å²) in [6.07, 6.45) is 2.65. The quantitative estimate of drug-likeness (QED) is 0.304. The largest absolute Gasteiger partial charge is 0.379 e. The first-order valence-electron chi connectivity index (χ1n) is 8.35. The van der Waals surface area contributed by atoms with Gasteiger partial charge in [0, 0.05) is 43.5 Å². The van der Waals surface area contributed by atoms with Crippen LogP contribution in [0.3, 0.4) is 0 Å². The van der Waals surface area contributed by atoms with Crippen LogP contribution < -0.4 is 10.6 Å². The molecule has 2 aliphatic rings. The summed E-state index contributed by atoms with van der Waals surface area (Å²) in [6.45, 7) is 5.86. The molecule has 1 aliphatic carbocycles. The molecule has 2 N–H and O–H groups in total. The number of nitrogens with zero attached hydrogens (tertiary/aromatic N) is 3. The third kappa shape index (κ3) is 5.97. The number of benzene rings is 1. The zero-order valence-electron chi connectivity index (χ0n) is 13.9. The van der Waals surface area contributed by atoms with Crippen LogP contribution in [0, 0.1) is 5.92 Å². The van der Waals surface area contributed by atoms with Crippen molar-refractivity contribution in [2.45, 2.75) is 12.8 Å². The average Bonchev–Trinajstić information content (AvgIpc) is 3.39. The molecule has 1 aromatic rings. The maximum Gasteiger partial charge on any atom is 0.191 e. The highest BCUT2D eigenvalue weighted by molar-refractivity contribution is 14.0. The molecule has 0 aromatic heterocycles. The fraction of sp³-hybridized carbons (Fsp3) is 0.588. The van der Waals surface area contributed by atoms with Crippen LogP contribution in [0.15, 0.2) is 29.3 Å². The number of hydrogen-bond donors (Lipinski definition) is 1. The molecule has 0 radical (unpaired) electrons. The predicted molar refractivity (Wildman–Crippen MR) is 111 cm³/mol. The molecular formula is C17H26ClIN4O. The van der Waals surface area contributed by atoms with Crippen molar-refractivity contribution in [3.05, 3.63) is 29.3 Å². The maximum atomic E-state index is 6.09. The van der Waals surface area contributed by atoms with Crippen LogP contribution in [0.25, 0.3) is 0 Å². The lowest BCUT2D eigenvalue weighted by atomic mass is 10.2. The molecule has 1 heterocycles. The van der Waals surface area contributed by atoms with E-state index in [4.69, 9.17) is 22.1 Å². The standard InChI is InChI=1S/C17H25ClN4O.HI/c18-15-3-5-16(6-4-15)21-8-10-22(11-9-21)17(19)20-7-12-23-13-14-1-2-14;/h3-6,14H,1-2,7-13H2,(H2,19,20);1H. The van der Waals surface area contributed by atoms with Gasteiger partial charge < -0.3 is 20.3 Å². The molecule has 5 nitrogen and oxygen atoms in total. The summed E-state index contributed by atoms with van der Waals surface area (Å²) in [5, 5.41) is 0.771. The topological polar surface area (TPSA) is 54.1 Å². The normalized spacial score (nSPS) is 18.5. The number of aliphatic imine (C=N–C) groups is 1. The van der Waals surface area contributed by atoms with Crippen LogP contribution in [0.1, 0.15) is 12.8 Å². The molecule has 0 unspecified atom stereocenters. The number of guanidine groups is 1. The zero-order valence-corrected chi connectivity index (χ0v) is 17.0. The van der Waals surface area contributed by atoms with Gasteiger partial charge in [0.1, 0.15) is 0 Å². The van der Waals surface area contributed by atoms with Gasteiger partial charge in [-0.25, -0.2) is 0 Å². The van der Waals surface area contributed by atoms with Crippen LogP contribution in [-0.4, -0.2) is 56.8 Å². The number of halogens is 2. The minimum absolute atomic E-state index is 0. The lowest BCUT2D eigenvalue weighted by Gasteiger charge is -2.36. The van der Waals surface area contributed by atoms with Gasteiger partial charge in [-0.15, -0.1) is 24.0 Å². The van der Waals surface area contributed by atoms with Crippen LogP contribution >= 0.6 is 35.6 Å². The molecule has 1 aromatic carbocycles. The number of hydrogen-bond acceptors (Lipinski definition) is 3. The van der Waals surface area contributed by atoms with Gasteiger partial charge in [-0.3, -0.25) is 4.99 Å². The van der Waals surface area contributed by atoms with Gasteiger partial charge in [0.25, 0.3) is 0 Å². The predicted octanol–water partition coefficient (Wildman–Crippen LogP) is 2.82. The Kier molecular flexibility index (Phi) is 7.90. The van der Waals surface area contributed by atoms with E-state index >= 15 is 0 Å². The molecule has 0 spiro atoms. The number of piperazine rings is 1. The van der Waals surface area contributed by atoms with E-state index in [1.54, 1.807) is 0 Å². The first kappa shape index (κ1) is 19.6.